The topological polar surface area (TPSA) is 294 Å². The van der Waals surface area contributed by atoms with E-state index in [1.807, 2.05) is 22.6 Å². The highest BCUT2D eigenvalue weighted by atomic mass is 127. The zero-order valence-corrected chi connectivity index (χ0v) is 27.8. The van der Waals surface area contributed by atoms with Gasteiger partial charge >= 0.3 is 23.5 Å². The summed E-state index contributed by atoms with van der Waals surface area (Å²) in [7, 11) is -16.8. The van der Waals surface area contributed by atoms with Gasteiger partial charge in [0.1, 0.15) is 24.6 Å². The van der Waals surface area contributed by atoms with E-state index < -0.39 is 54.6 Å². The molecule has 20 nitrogen and oxygen atoms in total. The summed E-state index contributed by atoms with van der Waals surface area (Å²) in [5.74, 6) is 0.471. The average molecular weight is 802 g/mol. The van der Waals surface area contributed by atoms with Gasteiger partial charge in [-0.05, 0) is 12.8 Å². The van der Waals surface area contributed by atoms with Crippen LogP contribution in [0.4, 0.5) is 5.82 Å². The Kier molecular flexibility index (Phi) is 14.1. The lowest BCUT2D eigenvalue weighted by molar-refractivity contribution is -0.118. The predicted molar refractivity (Wildman–Crippen MR) is 159 cm³/mol. The van der Waals surface area contributed by atoms with Crippen molar-refractivity contribution >= 4 is 68.9 Å². The highest BCUT2D eigenvalue weighted by Gasteiger charge is 2.47. The Morgan fingerprint density at radius 2 is 1.59 bits per heavy atom. The largest absolute Gasteiger partial charge is 0.490 e. The summed E-state index contributed by atoms with van der Waals surface area (Å²) < 4.78 is 53.4. The lowest BCUT2D eigenvalue weighted by Gasteiger charge is -2.19. The molecule has 8 N–H and O–H groups in total. The first-order valence-electron chi connectivity index (χ1n) is 13.2. The minimum absolute atomic E-state index is 0.0433. The molecule has 2 aromatic rings. The van der Waals surface area contributed by atoms with Crippen LogP contribution in [0.2, 0.25) is 0 Å². The van der Waals surface area contributed by atoms with E-state index >= 15 is 0 Å². The van der Waals surface area contributed by atoms with Gasteiger partial charge in [-0.15, -0.1) is 0 Å². The SMILES string of the molecule is O=C(CI)NCCCCCCCCNc1ncnc2c1ncn2[C@@H]1O[C@H](COP(=O)(O)OP(=O)(O)OP(=O)(O)O)[C@@H](O)[C@H]1O. The van der Waals surface area contributed by atoms with E-state index in [0.29, 0.717) is 28.9 Å². The van der Waals surface area contributed by atoms with Gasteiger partial charge in [-0.1, -0.05) is 48.3 Å². The minimum Gasteiger partial charge on any atom is -0.387 e. The molecule has 250 valence electrons. The van der Waals surface area contributed by atoms with Crippen molar-refractivity contribution in [1.29, 1.82) is 0 Å². The molecule has 0 bridgehead atoms. The van der Waals surface area contributed by atoms with Gasteiger partial charge in [-0.2, -0.15) is 8.62 Å². The number of nitrogens with zero attached hydrogens (tertiary/aromatic N) is 4. The molecule has 1 saturated heterocycles. The maximum Gasteiger partial charge on any atom is 0.490 e. The fourth-order valence-electron chi connectivity index (χ4n) is 4.17. The van der Waals surface area contributed by atoms with Crippen molar-refractivity contribution in [2.45, 2.75) is 63.1 Å². The number of alkyl halides is 1. The second-order valence-electron chi connectivity index (χ2n) is 9.51. The molecule has 2 unspecified atom stereocenters. The van der Waals surface area contributed by atoms with Crippen LogP contribution in [-0.4, -0.2) is 97.6 Å². The van der Waals surface area contributed by atoms with E-state index in [1.54, 1.807) is 0 Å². The van der Waals surface area contributed by atoms with Crippen molar-refractivity contribution in [3.63, 3.8) is 0 Å². The van der Waals surface area contributed by atoms with Gasteiger partial charge in [0.2, 0.25) is 5.91 Å². The number of rotatable bonds is 19. The molecule has 3 heterocycles. The number of aliphatic hydroxyl groups is 2. The summed E-state index contributed by atoms with van der Waals surface area (Å²) in [6.45, 7) is 0.334. The van der Waals surface area contributed by atoms with E-state index in [-0.39, 0.29) is 11.6 Å². The molecule has 0 aliphatic carbocycles. The lowest BCUT2D eigenvalue weighted by Crippen LogP contribution is -2.33. The molecule has 0 aromatic carbocycles. The predicted octanol–water partition coefficient (Wildman–Crippen LogP) is 1.09. The Morgan fingerprint density at radius 1 is 0.932 bits per heavy atom. The van der Waals surface area contributed by atoms with Crippen LogP contribution in [0.3, 0.4) is 0 Å². The number of ether oxygens (including phenoxy) is 1. The number of hydrogen-bond donors (Lipinski definition) is 8. The molecule has 0 radical (unpaired) electrons. The van der Waals surface area contributed by atoms with Crippen LogP contribution in [0.1, 0.15) is 44.8 Å². The van der Waals surface area contributed by atoms with Gasteiger partial charge in [-0.3, -0.25) is 13.9 Å². The summed E-state index contributed by atoms with van der Waals surface area (Å²) in [6, 6.07) is 0. The average Bonchev–Trinajstić information content (AvgIpc) is 3.47. The molecule has 1 aliphatic heterocycles. The van der Waals surface area contributed by atoms with Crippen molar-refractivity contribution < 1.29 is 66.2 Å². The molecule has 1 amide bonds. The highest BCUT2D eigenvalue weighted by Crippen LogP contribution is 2.66. The summed E-state index contributed by atoms with van der Waals surface area (Å²) >= 11 is 2.02. The van der Waals surface area contributed by atoms with E-state index in [0.717, 1.165) is 38.5 Å². The van der Waals surface area contributed by atoms with Crippen LogP contribution in [0.15, 0.2) is 12.7 Å². The Labute approximate surface area is 264 Å². The standard InChI is InChI=1S/C20H34IN6O14P3/c21-9-14(28)22-7-5-3-1-2-4-6-8-23-18-15-19(25-11-24-18)27(12-26-15)20-17(30)16(29)13(39-20)10-38-43(34,35)41-44(36,37)40-42(31,32)33/h11-13,16-17,20,29-30H,1-10H2,(H,22,28)(H,34,35)(H,36,37)(H,23,24,25)(H2,31,32,33)/t13-,16-,17-,20-/m1/s1. The first-order chi connectivity index (χ1) is 20.6. The summed E-state index contributed by atoms with van der Waals surface area (Å²) in [6.07, 6.45) is 2.43. The fraction of sp³-hybridized carbons (Fsp3) is 0.700. The van der Waals surface area contributed by atoms with Crippen LogP contribution in [-0.2, 0) is 36.4 Å². The zero-order valence-electron chi connectivity index (χ0n) is 23.0. The molecular formula is C20H34IN6O14P3. The zero-order chi connectivity index (χ0) is 32.5. The molecule has 0 saturated carbocycles. The van der Waals surface area contributed by atoms with Crippen molar-refractivity contribution in [3.05, 3.63) is 12.7 Å². The second-order valence-corrected chi connectivity index (χ2v) is 14.7. The summed E-state index contributed by atoms with van der Waals surface area (Å²) in [5.41, 5.74) is 0.588. The van der Waals surface area contributed by atoms with Crippen molar-refractivity contribution in [2.75, 3.05) is 29.4 Å². The second kappa shape index (κ2) is 16.6. The van der Waals surface area contributed by atoms with Crippen LogP contribution < -0.4 is 10.6 Å². The quantitative estimate of drug-likeness (QED) is 0.0427. The van der Waals surface area contributed by atoms with Crippen LogP contribution >= 0.6 is 46.1 Å². The highest BCUT2D eigenvalue weighted by molar-refractivity contribution is 14.1. The number of aromatic nitrogens is 4. The van der Waals surface area contributed by atoms with Crippen LogP contribution in [0.5, 0.6) is 0 Å². The third-order valence-corrected chi connectivity index (χ3v) is 10.6. The van der Waals surface area contributed by atoms with Crippen molar-refractivity contribution in [1.82, 2.24) is 24.8 Å². The lowest BCUT2D eigenvalue weighted by atomic mass is 10.1. The Balaban J connectivity index is 1.50. The number of phosphoric ester groups is 1. The van der Waals surface area contributed by atoms with Gasteiger partial charge in [0.15, 0.2) is 23.2 Å². The molecule has 0 spiro atoms. The Hall–Kier alpha value is -1.16. The third kappa shape index (κ3) is 11.6. The number of nitrogens with one attached hydrogen (secondary N) is 2. The number of halogens is 1. The van der Waals surface area contributed by atoms with Gasteiger partial charge in [0.05, 0.1) is 17.4 Å². The number of phosphoric acid groups is 3. The van der Waals surface area contributed by atoms with E-state index in [4.69, 9.17) is 14.5 Å². The summed E-state index contributed by atoms with van der Waals surface area (Å²) in [5, 5.41) is 27.1. The van der Waals surface area contributed by atoms with Gasteiger partial charge in [0, 0.05) is 13.1 Å². The number of carbonyl (C=O) groups excluding carboxylic acids is 1. The van der Waals surface area contributed by atoms with Gasteiger partial charge in [0.25, 0.3) is 0 Å². The van der Waals surface area contributed by atoms with Crippen molar-refractivity contribution in [2.24, 2.45) is 0 Å². The molecule has 1 fully saturated rings. The Morgan fingerprint density at radius 3 is 2.25 bits per heavy atom. The molecule has 6 atom stereocenters. The number of fused-ring (bicyclic) bond motifs is 1. The van der Waals surface area contributed by atoms with Crippen LogP contribution in [0, 0.1) is 0 Å². The van der Waals surface area contributed by atoms with Gasteiger partial charge in [-0.25, -0.2) is 28.6 Å². The van der Waals surface area contributed by atoms with Crippen molar-refractivity contribution in [3.8, 4) is 0 Å². The number of unbranched alkanes of at least 4 members (excludes halogenated alkanes) is 5. The molecule has 1 aliphatic rings. The third-order valence-electron chi connectivity index (χ3n) is 6.13. The minimum atomic E-state index is -5.73. The molecular weight excluding hydrogens is 768 g/mol. The summed E-state index contributed by atoms with van der Waals surface area (Å²) in [4.78, 5) is 60.0. The number of hydrogen-bond acceptors (Lipinski definition) is 14. The molecule has 2 aromatic heterocycles. The number of amides is 1. The first kappa shape index (κ1) is 37.3. The van der Waals surface area contributed by atoms with Gasteiger partial charge < -0.3 is 45.2 Å². The maximum absolute atomic E-state index is 12.0. The van der Waals surface area contributed by atoms with E-state index in [1.165, 1.54) is 17.2 Å². The van der Waals surface area contributed by atoms with E-state index in [9.17, 15) is 38.5 Å². The molecule has 44 heavy (non-hydrogen) atoms. The maximum atomic E-state index is 12.0. The number of aliphatic hydroxyl groups excluding tert-OH is 2. The number of anilines is 1. The van der Waals surface area contributed by atoms with Crippen LogP contribution in [0.25, 0.3) is 11.2 Å². The smallest absolute Gasteiger partial charge is 0.387 e. The fourth-order valence-corrected chi connectivity index (χ4v) is 7.47. The number of imidazole rings is 1. The molecule has 24 heteroatoms. The normalized spacial score (nSPS) is 23.3. The first-order valence-corrected chi connectivity index (χ1v) is 19.2. The Bertz CT molecular complexity index is 1400. The van der Waals surface area contributed by atoms with E-state index in [2.05, 4.69) is 38.7 Å². The monoisotopic (exact) mass is 802 g/mol. The number of carbonyl (C=O) groups is 1. The molecule has 3 rings (SSSR count).